The van der Waals surface area contributed by atoms with Gasteiger partial charge in [0.1, 0.15) is 11.6 Å². The van der Waals surface area contributed by atoms with Gasteiger partial charge in [0.2, 0.25) is 0 Å². The molecule has 19 heavy (non-hydrogen) atoms. The van der Waals surface area contributed by atoms with Crippen molar-refractivity contribution in [3.63, 3.8) is 0 Å². The molecule has 1 aromatic carbocycles. The van der Waals surface area contributed by atoms with Crippen LogP contribution in [-0.2, 0) is 0 Å². The average Bonchev–Trinajstić information content (AvgIpc) is 2.96. The highest BCUT2D eigenvalue weighted by atomic mass is 19.1. The van der Waals surface area contributed by atoms with Crippen LogP contribution >= 0.6 is 0 Å². The van der Waals surface area contributed by atoms with Crippen molar-refractivity contribution in [3.8, 4) is 0 Å². The van der Waals surface area contributed by atoms with Gasteiger partial charge in [-0.2, -0.15) is 0 Å². The summed E-state index contributed by atoms with van der Waals surface area (Å²) in [6.07, 6.45) is 4.54. The Balaban J connectivity index is 0.000000637. The second kappa shape index (κ2) is 5.95. The van der Waals surface area contributed by atoms with E-state index in [1.165, 1.54) is 25.0 Å². The SMILES string of the molecule is CC.O=c1[nH]c(C2CCCC2)nc2ccc(F)cc12. The summed E-state index contributed by atoms with van der Waals surface area (Å²) in [6.45, 7) is 4.00. The van der Waals surface area contributed by atoms with E-state index in [-0.39, 0.29) is 5.56 Å². The summed E-state index contributed by atoms with van der Waals surface area (Å²) in [4.78, 5) is 19.1. The summed E-state index contributed by atoms with van der Waals surface area (Å²) in [7, 11) is 0. The van der Waals surface area contributed by atoms with Gasteiger partial charge in [-0.25, -0.2) is 9.37 Å². The summed E-state index contributed by atoms with van der Waals surface area (Å²) >= 11 is 0. The molecule has 1 fully saturated rings. The predicted molar refractivity (Wildman–Crippen MR) is 74.9 cm³/mol. The van der Waals surface area contributed by atoms with E-state index in [0.717, 1.165) is 18.7 Å². The van der Waals surface area contributed by atoms with Gasteiger partial charge in [-0.05, 0) is 31.0 Å². The predicted octanol–water partition coefficient (Wildman–Crippen LogP) is 3.75. The molecule has 0 amide bonds. The summed E-state index contributed by atoms with van der Waals surface area (Å²) in [6, 6.07) is 4.14. The zero-order chi connectivity index (χ0) is 13.8. The first kappa shape index (κ1) is 13.7. The lowest BCUT2D eigenvalue weighted by molar-refractivity contribution is 0.628. The number of benzene rings is 1. The van der Waals surface area contributed by atoms with Gasteiger partial charge in [0, 0.05) is 5.92 Å². The van der Waals surface area contributed by atoms with Gasteiger partial charge in [0.15, 0.2) is 0 Å². The molecule has 1 N–H and O–H groups in total. The number of nitrogens with zero attached hydrogens (tertiary/aromatic N) is 1. The van der Waals surface area contributed by atoms with Gasteiger partial charge in [-0.1, -0.05) is 26.7 Å². The molecule has 1 saturated carbocycles. The fraction of sp³-hybridized carbons (Fsp3) is 0.467. The molecule has 1 heterocycles. The van der Waals surface area contributed by atoms with E-state index in [1.807, 2.05) is 13.8 Å². The molecule has 1 aliphatic carbocycles. The van der Waals surface area contributed by atoms with E-state index in [1.54, 1.807) is 6.07 Å². The lowest BCUT2D eigenvalue weighted by Gasteiger charge is -2.08. The van der Waals surface area contributed by atoms with Crippen molar-refractivity contribution in [2.45, 2.75) is 45.4 Å². The molecule has 0 aliphatic heterocycles. The van der Waals surface area contributed by atoms with Crippen LogP contribution in [0.15, 0.2) is 23.0 Å². The molecule has 0 atom stereocenters. The number of hydrogen-bond acceptors (Lipinski definition) is 2. The molecular formula is C15H19FN2O. The first-order valence-electron chi connectivity index (χ1n) is 6.93. The Morgan fingerprint density at radius 2 is 1.95 bits per heavy atom. The highest BCUT2D eigenvalue weighted by Gasteiger charge is 2.20. The van der Waals surface area contributed by atoms with E-state index in [9.17, 15) is 9.18 Å². The topological polar surface area (TPSA) is 45.8 Å². The van der Waals surface area contributed by atoms with Gasteiger partial charge in [0.05, 0.1) is 10.9 Å². The van der Waals surface area contributed by atoms with Crippen molar-refractivity contribution >= 4 is 10.9 Å². The molecule has 3 rings (SSSR count). The van der Waals surface area contributed by atoms with Gasteiger partial charge in [-0.15, -0.1) is 0 Å². The lowest BCUT2D eigenvalue weighted by atomic mass is 10.1. The standard InChI is InChI=1S/C13H13FN2O.C2H6/c14-9-5-6-11-10(7-9)13(17)16-12(15-11)8-3-1-2-4-8;1-2/h5-8H,1-4H2,(H,15,16,17);1-2H3. The fourth-order valence-electron chi connectivity index (χ4n) is 2.52. The quantitative estimate of drug-likeness (QED) is 0.850. The van der Waals surface area contributed by atoms with Crippen molar-refractivity contribution < 1.29 is 4.39 Å². The number of rotatable bonds is 1. The Morgan fingerprint density at radius 3 is 2.63 bits per heavy atom. The van der Waals surface area contributed by atoms with E-state index in [4.69, 9.17) is 0 Å². The molecule has 0 bridgehead atoms. The normalized spacial score (nSPS) is 15.3. The summed E-state index contributed by atoms with van der Waals surface area (Å²) in [5.74, 6) is 0.710. The Morgan fingerprint density at radius 1 is 1.26 bits per heavy atom. The number of H-pyrrole nitrogens is 1. The number of aromatic nitrogens is 2. The van der Waals surface area contributed by atoms with E-state index >= 15 is 0 Å². The maximum atomic E-state index is 13.0. The zero-order valence-electron chi connectivity index (χ0n) is 11.4. The largest absolute Gasteiger partial charge is 0.310 e. The van der Waals surface area contributed by atoms with Crippen LogP contribution in [0, 0.1) is 5.82 Å². The molecule has 3 nitrogen and oxygen atoms in total. The average molecular weight is 262 g/mol. The van der Waals surface area contributed by atoms with Crippen LogP contribution in [0.25, 0.3) is 10.9 Å². The molecule has 1 aromatic heterocycles. The molecule has 0 spiro atoms. The lowest BCUT2D eigenvalue weighted by Crippen LogP contribution is -2.14. The van der Waals surface area contributed by atoms with E-state index in [2.05, 4.69) is 9.97 Å². The molecule has 0 saturated heterocycles. The van der Waals surface area contributed by atoms with Crippen molar-refractivity contribution in [1.29, 1.82) is 0 Å². The third-order valence-corrected chi connectivity index (χ3v) is 3.43. The van der Waals surface area contributed by atoms with Crippen LogP contribution in [-0.4, -0.2) is 9.97 Å². The Labute approximate surface area is 111 Å². The number of nitrogens with one attached hydrogen (secondary N) is 1. The maximum absolute atomic E-state index is 13.0. The molecule has 0 radical (unpaired) electrons. The highest BCUT2D eigenvalue weighted by molar-refractivity contribution is 5.77. The maximum Gasteiger partial charge on any atom is 0.258 e. The van der Waals surface area contributed by atoms with Crippen molar-refractivity contribution in [2.24, 2.45) is 0 Å². The van der Waals surface area contributed by atoms with Crippen molar-refractivity contribution in [3.05, 3.63) is 40.2 Å². The molecule has 0 unspecified atom stereocenters. The van der Waals surface area contributed by atoms with Gasteiger partial charge in [0.25, 0.3) is 5.56 Å². The van der Waals surface area contributed by atoms with Gasteiger partial charge >= 0.3 is 0 Å². The molecular weight excluding hydrogens is 243 g/mol. The number of hydrogen-bond donors (Lipinski definition) is 1. The second-order valence-corrected chi connectivity index (χ2v) is 4.59. The molecule has 2 aromatic rings. The smallest absolute Gasteiger partial charge is 0.258 e. The highest BCUT2D eigenvalue weighted by Crippen LogP contribution is 2.31. The minimum atomic E-state index is -0.404. The Hall–Kier alpha value is -1.71. The summed E-state index contributed by atoms with van der Waals surface area (Å²) in [5.41, 5.74) is 0.341. The zero-order valence-corrected chi connectivity index (χ0v) is 11.4. The van der Waals surface area contributed by atoms with Crippen LogP contribution in [0.5, 0.6) is 0 Å². The van der Waals surface area contributed by atoms with E-state index < -0.39 is 5.82 Å². The van der Waals surface area contributed by atoms with Crippen LogP contribution in [0.3, 0.4) is 0 Å². The minimum Gasteiger partial charge on any atom is -0.310 e. The Bertz CT molecular complexity index is 615. The first-order chi connectivity index (χ1) is 9.24. The second-order valence-electron chi connectivity index (χ2n) is 4.59. The van der Waals surface area contributed by atoms with Crippen LogP contribution < -0.4 is 5.56 Å². The molecule has 1 aliphatic rings. The van der Waals surface area contributed by atoms with E-state index in [0.29, 0.717) is 16.8 Å². The minimum absolute atomic E-state index is 0.239. The van der Waals surface area contributed by atoms with Crippen molar-refractivity contribution in [2.75, 3.05) is 0 Å². The fourth-order valence-corrected chi connectivity index (χ4v) is 2.52. The summed E-state index contributed by atoms with van der Waals surface area (Å²) < 4.78 is 13.0. The third-order valence-electron chi connectivity index (χ3n) is 3.43. The Kier molecular flexibility index (Phi) is 4.30. The molecule has 102 valence electrons. The van der Waals surface area contributed by atoms with Crippen LogP contribution in [0.1, 0.15) is 51.3 Å². The van der Waals surface area contributed by atoms with Gasteiger partial charge in [-0.3, -0.25) is 4.79 Å². The van der Waals surface area contributed by atoms with Crippen molar-refractivity contribution in [1.82, 2.24) is 9.97 Å². The number of fused-ring (bicyclic) bond motifs is 1. The van der Waals surface area contributed by atoms with Crippen LogP contribution in [0.2, 0.25) is 0 Å². The molecule has 4 heteroatoms. The number of aromatic amines is 1. The van der Waals surface area contributed by atoms with Gasteiger partial charge < -0.3 is 4.98 Å². The third kappa shape index (κ3) is 2.83. The first-order valence-corrected chi connectivity index (χ1v) is 6.93. The monoisotopic (exact) mass is 262 g/mol. The summed E-state index contributed by atoms with van der Waals surface area (Å²) in [5, 5.41) is 0.326. The number of halogens is 1. The van der Waals surface area contributed by atoms with Crippen LogP contribution in [0.4, 0.5) is 4.39 Å².